The number of amides is 1. The summed E-state index contributed by atoms with van der Waals surface area (Å²) in [6.07, 6.45) is 6.13. The van der Waals surface area contributed by atoms with Crippen LogP contribution in [-0.2, 0) is 30.6 Å². The summed E-state index contributed by atoms with van der Waals surface area (Å²) in [5.41, 5.74) is 3.27. The van der Waals surface area contributed by atoms with Gasteiger partial charge in [-0.1, -0.05) is 6.07 Å². The van der Waals surface area contributed by atoms with Gasteiger partial charge in [-0.25, -0.2) is 4.98 Å². The fraction of sp³-hybridized carbons (Fsp3) is 0.545. The number of carbonyl (C=O) groups is 1. The van der Waals surface area contributed by atoms with Gasteiger partial charge >= 0.3 is 0 Å². The molecule has 0 spiro atoms. The first-order chi connectivity index (χ1) is 14.1. The van der Waals surface area contributed by atoms with Crippen molar-refractivity contribution >= 4 is 22.9 Å². The summed E-state index contributed by atoms with van der Waals surface area (Å²) in [6.45, 7) is 2.29. The van der Waals surface area contributed by atoms with Crippen molar-refractivity contribution in [2.24, 2.45) is 0 Å². The monoisotopic (exact) mass is 413 g/mol. The SMILES string of the molecule is O=C1CCc2ccc(O[C@@H]3CCN(Cc4nc5c(s4)CCCC5)C[C@H]3O)cc2N1. The summed E-state index contributed by atoms with van der Waals surface area (Å²) in [5.74, 6) is 0.753. The Morgan fingerprint density at radius 1 is 1.24 bits per heavy atom. The normalized spacial score (nSPS) is 24.5. The van der Waals surface area contributed by atoms with E-state index in [1.807, 2.05) is 29.5 Å². The van der Waals surface area contributed by atoms with E-state index >= 15 is 0 Å². The lowest BCUT2D eigenvalue weighted by molar-refractivity contribution is -0.116. The second kappa shape index (κ2) is 8.05. The third-order valence-electron chi connectivity index (χ3n) is 6.12. The van der Waals surface area contributed by atoms with E-state index in [1.54, 1.807) is 0 Å². The molecule has 3 aliphatic rings. The fourth-order valence-electron chi connectivity index (χ4n) is 4.52. The van der Waals surface area contributed by atoms with Crippen LogP contribution in [0, 0.1) is 0 Å². The number of piperidine rings is 1. The van der Waals surface area contributed by atoms with E-state index in [2.05, 4.69) is 10.2 Å². The Hall–Kier alpha value is -1.96. The van der Waals surface area contributed by atoms with Crippen molar-refractivity contribution in [3.8, 4) is 5.75 Å². The number of rotatable bonds is 4. The van der Waals surface area contributed by atoms with Gasteiger partial charge in [-0.15, -0.1) is 11.3 Å². The molecule has 1 aromatic carbocycles. The molecule has 0 radical (unpaired) electrons. The largest absolute Gasteiger partial charge is 0.488 e. The van der Waals surface area contributed by atoms with E-state index in [9.17, 15) is 9.90 Å². The zero-order valence-electron chi connectivity index (χ0n) is 16.5. The van der Waals surface area contributed by atoms with Crippen LogP contribution in [0.15, 0.2) is 18.2 Å². The van der Waals surface area contributed by atoms with E-state index in [1.165, 1.54) is 34.8 Å². The number of aromatic nitrogens is 1. The highest BCUT2D eigenvalue weighted by Gasteiger charge is 2.30. The number of anilines is 1. The third-order valence-corrected chi connectivity index (χ3v) is 7.26. The van der Waals surface area contributed by atoms with Gasteiger partial charge in [-0.05, 0) is 50.2 Å². The minimum atomic E-state index is -0.538. The minimum Gasteiger partial charge on any atom is -0.488 e. The van der Waals surface area contributed by atoms with Crippen LogP contribution >= 0.6 is 11.3 Å². The molecule has 3 heterocycles. The number of aryl methyl sites for hydroxylation is 3. The molecule has 1 aliphatic carbocycles. The van der Waals surface area contributed by atoms with Crippen molar-refractivity contribution in [1.82, 2.24) is 9.88 Å². The van der Waals surface area contributed by atoms with Crippen molar-refractivity contribution < 1.29 is 14.6 Å². The summed E-state index contributed by atoms with van der Waals surface area (Å²) in [7, 11) is 0. The molecule has 1 saturated heterocycles. The standard InChI is InChI=1S/C22H27N3O3S/c26-18-12-25(13-22-24-16-3-1-2-4-20(16)29-22)10-9-19(18)28-15-7-5-14-6-8-21(27)23-17(14)11-15/h5,7,11,18-19,26H,1-4,6,8-10,12-13H2,(H,23,27)/t18-,19-/m1/s1. The van der Waals surface area contributed by atoms with E-state index < -0.39 is 6.10 Å². The number of likely N-dealkylation sites (tertiary alicyclic amines) is 1. The van der Waals surface area contributed by atoms with Crippen molar-refractivity contribution in [3.05, 3.63) is 39.3 Å². The Morgan fingerprint density at radius 2 is 2.14 bits per heavy atom. The number of thiazole rings is 1. The molecule has 6 nitrogen and oxygen atoms in total. The van der Waals surface area contributed by atoms with Gasteiger partial charge in [0, 0.05) is 36.1 Å². The molecule has 7 heteroatoms. The molecule has 1 aromatic heterocycles. The second-order valence-electron chi connectivity index (χ2n) is 8.30. The van der Waals surface area contributed by atoms with Gasteiger partial charge in [-0.3, -0.25) is 9.69 Å². The minimum absolute atomic E-state index is 0.0480. The lowest BCUT2D eigenvalue weighted by atomic mass is 10.0. The van der Waals surface area contributed by atoms with Crippen molar-refractivity contribution in [2.75, 3.05) is 18.4 Å². The molecule has 0 unspecified atom stereocenters. The Labute approximate surface area is 174 Å². The van der Waals surface area contributed by atoms with Gasteiger partial charge in [0.25, 0.3) is 0 Å². The molecular weight excluding hydrogens is 386 g/mol. The Kier molecular flexibility index (Phi) is 5.28. The molecule has 0 saturated carbocycles. The van der Waals surface area contributed by atoms with Crippen molar-refractivity contribution in [1.29, 1.82) is 0 Å². The highest BCUT2D eigenvalue weighted by atomic mass is 32.1. The van der Waals surface area contributed by atoms with Crippen LogP contribution in [0.1, 0.15) is 46.8 Å². The first kappa shape index (κ1) is 19.0. The van der Waals surface area contributed by atoms with Crippen LogP contribution in [0.5, 0.6) is 5.75 Å². The zero-order valence-corrected chi connectivity index (χ0v) is 17.3. The molecule has 29 heavy (non-hydrogen) atoms. The number of carbonyl (C=O) groups excluding carboxylic acids is 1. The lowest BCUT2D eigenvalue weighted by Crippen LogP contribution is -2.48. The molecule has 1 fully saturated rings. The fourth-order valence-corrected chi connectivity index (χ4v) is 5.72. The Balaban J connectivity index is 1.19. The number of nitrogens with one attached hydrogen (secondary N) is 1. The highest BCUT2D eigenvalue weighted by molar-refractivity contribution is 7.11. The summed E-state index contributed by atoms with van der Waals surface area (Å²) >= 11 is 1.85. The highest BCUT2D eigenvalue weighted by Crippen LogP contribution is 2.30. The topological polar surface area (TPSA) is 74.7 Å². The van der Waals surface area contributed by atoms with Crippen molar-refractivity contribution in [3.63, 3.8) is 0 Å². The number of hydrogen-bond donors (Lipinski definition) is 2. The Morgan fingerprint density at radius 3 is 3.00 bits per heavy atom. The third kappa shape index (κ3) is 4.17. The molecule has 2 aromatic rings. The molecule has 2 N–H and O–H groups in total. The second-order valence-corrected chi connectivity index (χ2v) is 9.47. The first-order valence-electron chi connectivity index (χ1n) is 10.6. The maximum absolute atomic E-state index is 11.6. The molecule has 2 atom stereocenters. The van der Waals surface area contributed by atoms with Gasteiger partial charge in [-0.2, -0.15) is 0 Å². The molecule has 154 valence electrons. The van der Waals surface area contributed by atoms with Crippen LogP contribution in [0.25, 0.3) is 0 Å². The number of fused-ring (bicyclic) bond motifs is 2. The smallest absolute Gasteiger partial charge is 0.224 e. The van der Waals surface area contributed by atoms with Gasteiger partial charge in [0.15, 0.2) is 0 Å². The number of hydrogen-bond acceptors (Lipinski definition) is 6. The predicted molar refractivity (Wildman–Crippen MR) is 112 cm³/mol. The quantitative estimate of drug-likeness (QED) is 0.806. The van der Waals surface area contributed by atoms with Gasteiger partial charge in [0.1, 0.15) is 23.0 Å². The van der Waals surface area contributed by atoms with Gasteiger partial charge in [0.2, 0.25) is 5.91 Å². The average molecular weight is 414 g/mol. The van der Waals surface area contributed by atoms with Gasteiger partial charge in [0.05, 0.1) is 12.2 Å². The summed E-state index contributed by atoms with van der Waals surface area (Å²) in [6, 6.07) is 5.83. The van der Waals surface area contributed by atoms with Crippen LogP contribution < -0.4 is 10.1 Å². The van der Waals surface area contributed by atoms with Crippen LogP contribution in [-0.4, -0.2) is 46.2 Å². The van der Waals surface area contributed by atoms with E-state index in [0.717, 1.165) is 43.6 Å². The molecule has 1 amide bonds. The molecular formula is C22H27N3O3S. The van der Waals surface area contributed by atoms with E-state index in [4.69, 9.17) is 9.72 Å². The summed E-state index contributed by atoms with van der Waals surface area (Å²) in [4.78, 5) is 20.2. The summed E-state index contributed by atoms with van der Waals surface area (Å²) in [5, 5.41) is 14.8. The number of aliphatic hydroxyl groups is 1. The molecule has 0 bridgehead atoms. The molecule has 5 rings (SSSR count). The van der Waals surface area contributed by atoms with E-state index in [-0.39, 0.29) is 12.0 Å². The van der Waals surface area contributed by atoms with Crippen molar-refractivity contribution in [2.45, 2.75) is 63.7 Å². The number of aliphatic hydroxyl groups excluding tert-OH is 1. The zero-order chi connectivity index (χ0) is 19.8. The van der Waals surface area contributed by atoms with Crippen LogP contribution in [0.4, 0.5) is 5.69 Å². The number of ether oxygens (including phenoxy) is 1. The summed E-state index contributed by atoms with van der Waals surface area (Å²) < 4.78 is 6.09. The number of nitrogens with zero attached hydrogens (tertiary/aromatic N) is 2. The maximum Gasteiger partial charge on any atom is 0.224 e. The first-order valence-corrected chi connectivity index (χ1v) is 11.4. The maximum atomic E-state index is 11.6. The Bertz CT molecular complexity index is 889. The van der Waals surface area contributed by atoms with Crippen LogP contribution in [0.3, 0.4) is 0 Å². The number of β-amino-alcohol motifs (C(OH)–C–C–N with tert-alkyl or cyclic N) is 1. The van der Waals surface area contributed by atoms with Gasteiger partial charge < -0.3 is 15.2 Å². The predicted octanol–water partition coefficient (Wildman–Crippen LogP) is 2.92. The van der Waals surface area contributed by atoms with Crippen LogP contribution in [0.2, 0.25) is 0 Å². The average Bonchev–Trinajstić information content (AvgIpc) is 3.12. The molecule has 2 aliphatic heterocycles. The lowest BCUT2D eigenvalue weighted by Gasteiger charge is -2.35. The number of benzene rings is 1. The van der Waals surface area contributed by atoms with E-state index in [0.29, 0.717) is 18.7 Å².